The molecule has 29 heavy (non-hydrogen) atoms. The van der Waals surface area contributed by atoms with Gasteiger partial charge in [-0.05, 0) is 6.42 Å². The van der Waals surface area contributed by atoms with Gasteiger partial charge in [-0.2, -0.15) is 0 Å². The molecule has 0 aliphatic rings. The minimum Gasteiger partial charge on any atom is -0.394 e. The fourth-order valence-electron chi connectivity index (χ4n) is 3.31. The second-order valence-electron chi connectivity index (χ2n) is 7.95. The molecular formula is C22H43NO6. The molecule has 0 aromatic heterocycles. The van der Waals surface area contributed by atoms with Crippen molar-refractivity contribution in [2.45, 2.75) is 121 Å². The van der Waals surface area contributed by atoms with Crippen molar-refractivity contribution in [3.8, 4) is 0 Å². The average molecular weight is 418 g/mol. The van der Waals surface area contributed by atoms with Gasteiger partial charge in [0.2, 0.25) is 5.91 Å². The van der Waals surface area contributed by atoms with Gasteiger partial charge < -0.3 is 30.5 Å². The number of carbonyl (C=O) groups is 2. The lowest BCUT2D eigenvalue weighted by molar-refractivity contribution is -0.131. The molecule has 4 atom stereocenters. The molecule has 0 aliphatic heterocycles. The smallest absolute Gasteiger partial charge is 0.220 e. The number of aliphatic hydroxyl groups is 4. The quantitative estimate of drug-likeness (QED) is 0.153. The highest BCUT2D eigenvalue weighted by atomic mass is 16.4. The van der Waals surface area contributed by atoms with Crippen LogP contribution in [0, 0.1) is 0 Å². The van der Waals surface area contributed by atoms with E-state index in [4.69, 9.17) is 5.11 Å². The van der Waals surface area contributed by atoms with E-state index in [2.05, 4.69) is 12.2 Å². The predicted octanol–water partition coefficient (Wildman–Crippen LogP) is 2.23. The van der Waals surface area contributed by atoms with Crippen LogP contribution in [0.2, 0.25) is 0 Å². The molecule has 0 unspecified atom stereocenters. The zero-order valence-corrected chi connectivity index (χ0v) is 18.1. The molecule has 0 heterocycles. The third kappa shape index (κ3) is 14.6. The SMILES string of the molecule is CCCCCCCCCCCCCCCC(=O)N[C@@H](C=O)[C@@H](O)[C@H](O)[C@H](O)CO. The van der Waals surface area contributed by atoms with Gasteiger partial charge >= 0.3 is 0 Å². The van der Waals surface area contributed by atoms with Gasteiger partial charge in [-0.3, -0.25) is 4.79 Å². The van der Waals surface area contributed by atoms with E-state index in [9.17, 15) is 24.9 Å². The molecule has 0 aromatic carbocycles. The number of carbonyl (C=O) groups excluding carboxylic acids is 2. The van der Waals surface area contributed by atoms with E-state index in [1.807, 2.05) is 0 Å². The minimum atomic E-state index is -1.72. The van der Waals surface area contributed by atoms with E-state index in [1.54, 1.807) is 0 Å². The second kappa shape index (κ2) is 19.0. The number of unbranched alkanes of at least 4 members (excludes halogenated alkanes) is 12. The molecule has 1 amide bonds. The molecule has 0 bridgehead atoms. The Kier molecular flexibility index (Phi) is 18.3. The molecule has 7 heteroatoms. The largest absolute Gasteiger partial charge is 0.394 e. The Balaban J connectivity index is 3.69. The van der Waals surface area contributed by atoms with Crippen molar-refractivity contribution >= 4 is 12.2 Å². The van der Waals surface area contributed by atoms with Crippen molar-refractivity contribution in [3.63, 3.8) is 0 Å². The fraction of sp³-hybridized carbons (Fsp3) is 0.909. The second-order valence-corrected chi connectivity index (χ2v) is 7.95. The zero-order chi connectivity index (χ0) is 21.9. The fourth-order valence-corrected chi connectivity index (χ4v) is 3.31. The highest BCUT2D eigenvalue weighted by Gasteiger charge is 2.31. The Morgan fingerprint density at radius 3 is 1.66 bits per heavy atom. The summed E-state index contributed by atoms with van der Waals surface area (Å²) >= 11 is 0. The van der Waals surface area contributed by atoms with Crippen molar-refractivity contribution in [3.05, 3.63) is 0 Å². The number of aldehydes is 1. The molecular weight excluding hydrogens is 374 g/mol. The maximum Gasteiger partial charge on any atom is 0.220 e. The van der Waals surface area contributed by atoms with E-state index in [0.29, 0.717) is 12.7 Å². The van der Waals surface area contributed by atoms with Crippen LogP contribution in [-0.4, -0.2) is 63.6 Å². The zero-order valence-electron chi connectivity index (χ0n) is 18.1. The van der Waals surface area contributed by atoms with E-state index in [1.165, 1.54) is 64.2 Å². The van der Waals surface area contributed by atoms with E-state index in [-0.39, 0.29) is 12.3 Å². The highest BCUT2D eigenvalue weighted by molar-refractivity contribution is 5.79. The van der Waals surface area contributed by atoms with Gasteiger partial charge in [0.25, 0.3) is 0 Å². The summed E-state index contributed by atoms with van der Waals surface area (Å²) < 4.78 is 0. The first kappa shape index (κ1) is 28.0. The Bertz CT molecular complexity index is 407. The van der Waals surface area contributed by atoms with Crippen molar-refractivity contribution in [2.24, 2.45) is 0 Å². The van der Waals surface area contributed by atoms with Crippen LogP contribution < -0.4 is 5.32 Å². The van der Waals surface area contributed by atoms with Crippen molar-refractivity contribution < 1.29 is 30.0 Å². The van der Waals surface area contributed by atoms with E-state index >= 15 is 0 Å². The van der Waals surface area contributed by atoms with Crippen molar-refractivity contribution in [1.82, 2.24) is 5.32 Å². The Morgan fingerprint density at radius 2 is 1.24 bits per heavy atom. The summed E-state index contributed by atoms with van der Waals surface area (Å²) in [5.74, 6) is -0.380. The third-order valence-corrected chi connectivity index (χ3v) is 5.28. The average Bonchev–Trinajstić information content (AvgIpc) is 2.73. The minimum absolute atomic E-state index is 0.244. The van der Waals surface area contributed by atoms with Crippen LogP contribution in [0.1, 0.15) is 96.8 Å². The molecule has 0 aliphatic carbocycles. The predicted molar refractivity (Wildman–Crippen MR) is 113 cm³/mol. The summed E-state index contributed by atoms with van der Waals surface area (Å²) in [5.41, 5.74) is 0. The molecule has 0 spiro atoms. The molecule has 5 N–H and O–H groups in total. The molecule has 7 nitrogen and oxygen atoms in total. The summed E-state index contributed by atoms with van der Waals surface area (Å²) in [4.78, 5) is 23.0. The van der Waals surface area contributed by atoms with Crippen LogP contribution in [0.3, 0.4) is 0 Å². The highest BCUT2D eigenvalue weighted by Crippen LogP contribution is 2.13. The number of hydrogen-bond acceptors (Lipinski definition) is 6. The lowest BCUT2D eigenvalue weighted by Gasteiger charge is -2.26. The van der Waals surface area contributed by atoms with Crippen LogP contribution in [0.4, 0.5) is 0 Å². The molecule has 0 saturated carbocycles. The van der Waals surface area contributed by atoms with E-state index in [0.717, 1.165) is 12.8 Å². The number of hydrogen-bond donors (Lipinski definition) is 5. The first-order valence-electron chi connectivity index (χ1n) is 11.4. The molecule has 0 fully saturated rings. The van der Waals surface area contributed by atoms with Gasteiger partial charge in [0, 0.05) is 6.42 Å². The standard InChI is InChI=1S/C22H43NO6/c1-2-3-4-5-6-7-8-9-10-11-12-13-14-15-20(27)23-18(16-24)21(28)22(29)19(26)17-25/h16,18-19,21-22,25-26,28-29H,2-15,17H2,1H3,(H,23,27)/t18-,19+,21+,22+/m0/s1. The van der Waals surface area contributed by atoms with Crippen LogP contribution >= 0.6 is 0 Å². The number of amides is 1. The third-order valence-electron chi connectivity index (χ3n) is 5.28. The van der Waals surface area contributed by atoms with Crippen molar-refractivity contribution in [2.75, 3.05) is 6.61 Å². The number of rotatable bonds is 20. The number of aliphatic hydroxyl groups excluding tert-OH is 4. The van der Waals surface area contributed by atoms with Gasteiger partial charge in [0.1, 0.15) is 30.6 Å². The first-order chi connectivity index (χ1) is 14.0. The van der Waals surface area contributed by atoms with Crippen LogP contribution in [-0.2, 0) is 9.59 Å². The Labute approximate surface area is 175 Å². The summed E-state index contributed by atoms with van der Waals surface area (Å²) in [6.07, 6.45) is 11.3. The lowest BCUT2D eigenvalue weighted by Crippen LogP contribution is -2.53. The van der Waals surface area contributed by atoms with Crippen LogP contribution in [0.5, 0.6) is 0 Å². The Hall–Kier alpha value is -1.02. The van der Waals surface area contributed by atoms with Crippen LogP contribution in [0.25, 0.3) is 0 Å². The molecule has 172 valence electrons. The van der Waals surface area contributed by atoms with Gasteiger partial charge in [-0.15, -0.1) is 0 Å². The summed E-state index contributed by atoms with van der Waals surface area (Å²) in [6.45, 7) is 1.48. The molecule has 0 radical (unpaired) electrons. The maximum atomic E-state index is 11.9. The van der Waals surface area contributed by atoms with Gasteiger partial charge in [0.15, 0.2) is 0 Å². The van der Waals surface area contributed by atoms with Crippen LogP contribution in [0.15, 0.2) is 0 Å². The maximum absolute atomic E-state index is 11.9. The number of nitrogens with one attached hydrogen (secondary N) is 1. The van der Waals surface area contributed by atoms with Gasteiger partial charge in [0.05, 0.1) is 6.61 Å². The van der Waals surface area contributed by atoms with E-state index < -0.39 is 31.0 Å². The normalized spacial score (nSPS) is 15.5. The summed E-state index contributed by atoms with van der Waals surface area (Å²) in [6, 6.07) is -1.32. The molecule has 0 saturated heterocycles. The van der Waals surface area contributed by atoms with Gasteiger partial charge in [-0.25, -0.2) is 0 Å². The monoisotopic (exact) mass is 417 g/mol. The molecule has 0 rings (SSSR count). The molecule has 0 aromatic rings. The summed E-state index contributed by atoms with van der Waals surface area (Å²) in [7, 11) is 0. The Morgan fingerprint density at radius 1 is 0.793 bits per heavy atom. The lowest BCUT2D eigenvalue weighted by atomic mass is 10.0. The summed E-state index contributed by atoms with van der Waals surface area (Å²) in [5, 5.41) is 39.9. The topological polar surface area (TPSA) is 127 Å². The first-order valence-corrected chi connectivity index (χ1v) is 11.4. The van der Waals surface area contributed by atoms with Gasteiger partial charge in [-0.1, -0.05) is 84.0 Å². The van der Waals surface area contributed by atoms with Crippen molar-refractivity contribution in [1.29, 1.82) is 0 Å².